The van der Waals surface area contributed by atoms with Crippen LogP contribution in [0.2, 0.25) is 0 Å². The van der Waals surface area contributed by atoms with E-state index in [0.717, 1.165) is 29.3 Å². The Labute approximate surface area is 110 Å². The summed E-state index contributed by atoms with van der Waals surface area (Å²) in [7, 11) is -2.79. The largest absolute Gasteiger partial charge is 0.396 e. The minimum Gasteiger partial charge on any atom is -0.396 e. The van der Waals surface area contributed by atoms with Crippen LogP contribution in [0.4, 0.5) is 8.78 Å². The summed E-state index contributed by atoms with van der Waals surface area (Å²) in [5, 5.41) is 9.18. The van der Waals surface area contributed by atoms with Gasteiger partial charge in [-0.2, -0.15) is 0 Å². The number of nitrogens with zero attached hydrogens (tertiary/aromatic N) is 1. The first-order valence-corrected chi connectivity index (χ1v) is 7.27. The van der Waals surface area contributed by atoms with Crippen LogP contribution in [0.1, 0.15) is 12.8 Å². The Bertz CT molecular complexity index is 585. The normalized spacial score (nSPS) is 17.7. The summed E-state index contributed by atoms with van der Waals surface area (Å²) in [6, 6.07) is 2.32. The molecular formula is C12H15F2NO3S. The second-order valence-electron chi connectivity index (χ2n) is 4.99. The van der Waals surface area contributed by atoms with Crippen molar-refractivity contribution in [2.75, 3.05) is 20.2 Å². The van der Waals surface area contributed by atoms with Crippen LogP contribution in [0.15, 0.2) is 23.1 Å². The Morgan fingerprint density at radius 1 is 1.37 bits per heavy atom. The van der Waals surface area contributed by atoms with Crippen LogP contribution in [-0.4, -0.2) is 38.0 Å². The van der Waals surface area contributed by atoms with Gasteiger partial charge in [-0.15, -0.1) is 0 Å². The fourth-order valence-corrected chi connectivity index (χ4v) is 3.30. The average molecular weight is 291 g/mol. The minimum atomic E-state index is -4.09. The molecule has 19 heavy (non-hydrogen) atoms. The molecule has 0 amide bonds. The highest BCUT2D eigenvalue weighted by atomic mass is 32.2. The summed E-state index contributed by atoms with van der Waals surface area (Å²) < 4.78 is 51.9. The molecule has 2 rings (SSSR count). The van der Waals surface area contributed by atoms with Crippen molar-refractivity contribution in [2.45, 2.75) is 17.7 Å². The van der Waals surface area contributed by atoms with Gasteiger partial charge in [0.05, 0.1) is 0 Å². The van der Waals surface area contributed by atoms with Crippen molar-refractivity contribution >= 4 is 10.0 Å². The lowest BCUT2D eigenvalue weighted by molar-refractivity contribution is 0.192. The highest BCUT2D eigenvalue weighted by Crippen LogP contribution is 2.46. The van der Waals surface area contributed by atoms with Gasteiger partial charge in [-0.3, -0.25) is 0 Å². The number of rotatable bonds is 5. The van der Waals surface area contributed by atoms with Crippen LogP contribution in [-0.2, 0) is 10.0 Å². The fraction of sp³-hybridized carbons (Fsp3) is 0.500. The molecule has 1 saturated carbocycles. The topological polar surface area (TPSA) is 57.6 Å². The Hall–Kier alpha value is -1.05. The van der Waals surface area contributed by atoms with Crippen LogP contribution in [0.5, 0.6) is 0 Å². The van der Waals surface area contributed by atoms with E-state index in [2.05, 4.69) is 0 Å². The molecule has 4 nitrogen and oxygen atoms in total. The number of hydrogen-bond donors (Lipinski definition) is 1. The van der Waals surface area contributed by atoms with Gasteiger partial charge in [-0.05, 0) is 31.0 Å². The van der Waals surface area contributed by atoms with Crippen LogP contribution >= 0.6 is 0 Å². The molecule has 7 heteroatoms. The molecule has 1 fully saturated rings. The highest BCUT2D eigenvalue weighted by molar-refractivity contribution is 7.89. The lowest BCUT2D eigenvalue weighted by atomic mass is 10.1. The summed E-state index contributed by atoms with van der Waals surface area (Å²) in [5.74, 6) is -1.79. The van der Waals surface area contributed by atoms with Gasteiger partial charge in [-0.25, -0.2) is 21.5 Å². The number of benzene rings is 1. The Morgan fingerprint density at radius 3 is 2.53 bits per heavy atom. The van der Waals surface area contributed by atoms with Crippen molar-refractivity contribution in [2.24, 2.45) is 5.41 Å². The van der Waals surface area contributed by atoms with E-state index in [1.54, 1.807) is 0 Å². The van der Waals surface area contributed by atoms with Gasteiger partial charge in [-0.1, -0.05) is 0 Å². The summed E-state index contributed by atoms with van der Waals surface area (Å²) in [5.41, 5.74) is -0.425. The lowest BCUT2D eigenvalue weighted by Crippen LogP contribution is -2.34. The zero-order chi connectivity index (χ0) is 14.3. The standard InChI is InChI=1S/C12H15F2NO3S/c1-15(7-12(8-16)4-5-12)19(17,18)11-6-9(13)2-3-10(11)14/h2-3,6,16H,4-5,7-8H2,1H3. The summed E-state index contributed by atoms with van der Waals surface area (Å²) in [4.78, 5) is -0.677. The van der Waals surface area contributed by atoms with Crippen LogP contribution < -0.4 is 0 Å². The fourth-order valence-electron chi connectivity index (χ4n) is 1.94. The van der Waals surface area contributed by atoms with Crippen molar-refractivity contribution in [3.63, 3.8) is 0 Å². The quantitative estimate of drug-likeness (QED) is 0.891. The van der Waals surface area contributed by atoms with Crippen LogP contribution in [0.25, 0.3) is 0 Å². The maximum absolute atomic E-state index is 13.5. The summed E-state index contributed by atoms with van der Waals surface area (Å²) >= 11 is 0. The van der Waals surface area contributed by atoms with E-state index in [4.69, 9.17) is 0 Å². The molecule has 1 aliphatic carbocycles. The lowest BCUT2D eigenvalue weighted by Gasteiger charge is -2.22. The van der Waals surface area contributed by atoms with Crippen molar-refractivity contribution in [1.29, 1.82) is 0 Å². The minimum absolute atomic E-state index is 0.0990. The van der Waals surface area contributed by atoms with Gasteiger partial charge in [0.1, 0.15) is 16.5 Å². The van der Waals surface area contributed by atoms with Gasteiger partial charge in [0, 0.05) is 25.6 Å². The van der Waals surface area contributed by atoms with Crippen LogP contribution in [0, 0.1) is 17.0 Å². The molecule has 0 atom stereocenters. The van der Waals surface area contributed by atoms with E-state index < -0.39 is 32.0 Å². The van der Waals surface area contributed by atoms with E-state index in [1.807, 2.05) is 0 Å². The molecule has 0 saturated heterocycles. The van der Waals surface area contributed by atoms with Gasteiger partial charge in [0.2, 0.25) is 10.0 Å². The number of aliphatic hydroxyl groups excluding tert-OH is 1. The molecule has 1 aromatic carbocycles. The van der Waals surface area contributed by atoms with E-state index in [0.29, 0.717) is 6.07 Å². The first kappa shape index (κ1) is 14.4. The molecule has 0 radical (unpaired) electrons. The molecule has 0 unspecified atom stereocenters. The average Bonchev–Trinajstić information content (AvgIpc) is 3.12. The van der Waals surface area contributed by atoms with Gasteiger partial charge in [0.15, 0.2) is 0 Å². The number of hydrogen-bond acceptors (Lipinski definition) is 3. The van der Waals surface area contributed by atoms with E-state index in [9.17, 15) is 22.3 Å². The van der Waals surface area contributed by atoms with Crippen molar-refractivity contribution in [3.8, 4) is 0 Å². The molecule has 0 heterocycles. The molecule has 0 bridgehead atoms. The molecule has 1 N–H and O–H groups in total. The molecule has 1 aromatic rings. The third kappa shape index (κ3) is 2.77. The molecule has 0 aromatic heterocycles. The zero-order valence-corrected chi connectivity index (χ0v) is 11.3. The van der Waals surface area contributed by atoms with Gasteiger partial charge in [0.25, 0.3) is 0 Å². The van der Waals surface area contributed by atoms with Crippen LogP contribution in [0.3, 0.4) is 0 Å². The van der Waals surface area contributed by atoms with Gasteiger partial charge >= 0.3 is 0 Å². The van der Waals surface area contributed by atoms with E-state index >= 15 is 0 Å². The molecule has 106 valence electrons. The second kappa shape index (κ2) is 4.81. The van der Waals surface area contributed by atoms with Gasteiger partial charge < -0.3 is 5.11 Å². The maximum atomic E-state index is 13.5. The molecular weight excluding hydrogens is 276 g/mol. The maximum Gasteiger partial charge on any atom is 0.245 e. The Kier molecular flexibility index (Phi) is 3.63. The third-order valence-electron chi connectivity index (χ3n) is 3.43. The predicted molar refractivity (Wildman–Crippen MR) is 64.9 cm³/mol. The zero-order valence-electron chi connectivity index (χ0n) is 10.4. The van der Waals surface area contributed by atoms with E-state index in [1.165, 1.54) is 7.05 Å². The van der Waals surface area contributed by atoms with E-state index in [-0.39, 0.29) is 13.2 Å². The second-order valence-corrected chi connectivity index (χ2v) is 7.01. The van der Waals surface area contributed by atoms with Crippen molar-refractivity contribution in [3.05, 3.63) is 29.8 Å². The molecule has 0 aliphatic heterocycles. The molecule has 0 spiro atoms. The SMILES string of the molecule is CN(CC1(CO)CC1)S(=O)(=O)c1cc(F)ccc1F. The van der Waals surface area contributed by atoms with Crippen molar-refractivity contribution < 1.29 is 22.3 Å². The third-order valence-corrected chi connectivity index (χ3v) is 5.25. The summed E-state index contributed by atoms with van der Waals surface area (Å²) in [6.07, 6.45) is 1.46. The number of aliphatic hydroxyl groups is 1. The Morgan fingerprint density at radius 2 is 2.00 bits per heavy atom. The number of halogens is 2. The van der Waals surface area contributed by atoms with Crippen molar-refractivity contribution in [1.82, 2.24) is 4.31 Å². The first-order chi connectivity index (χ1) is 8.81. The smallest absolute Gasteiger partial charge is 0.245 e. The predicted octanol–water partition coefficient (Wildman–Crippen LogP) is 1.36. The Balaban J connectivity index is 2.29. The monoisotopic (exact) mass is 291 g/mol. The number of sulfonamides is 1. The molecule has 1 aliphatic rings. The summed E-state index contributed by atoms with van der Waals surface area (Å²) in [6.45, 7) is -0.0136. The first-order valence-electron chi connectivity index (χ1n) is 5.83. The highest BCUT2D eigenvalue weighted by Gasteiger charge is 2.45.